The molecule has 0 spiro atoms. The number of likely N-dealkylation sites (tertiary alicyclic amines) is 1. The number of carbonyl (C=O) groups excluding carboxylic acids is 2. The Morgan fingerprint density at radius 2 is 1.94 bits per heavy atom. The van der Waals surface area contributed by atoms with Crippen molar-refractivity contribution >= 4 is 23.4 Å². The van der Waals surface area contributed by atoms with Gasteiger partial charge in [-0.1, -0.05) is 22.8 Å². The van der Waals surface area contributed by atoms with E-state index in [0.717, 1.165) is 39.0 Å². The molecule has 33 heavy (non-hydrogen) atoms. The molecule has 0 aliphatic carbocycles. The third-order valence-electron chi connectivity index (χ3n) is 6.52. The lowest BCUT2D eigenvalue weighted by atomic mass is 9.77. The van der Waals surface area contributed by atoms with Gasteiger partial charge in [-0.25, -0.2) is 0 Å². The number of piperazine rings is 1. The Bertz CT molecular complexity index is 988. The smallest absolute Gasteiger partial charge is 0.276 e. The second-order valence-corrected chi connectivity index (χ2v) is 9.70. The maximum Gasteiger partial charge on any atom is 0.276 e. The predicted molar refractivity (Wildman–Crippen MR) is 124 cm³/mol. The van der Waals surface area contributed by atoms with E-state index in [-0.39, 0.29) is 11.8 Å². The molecule has 2 aliphatic rings. The zero-order valence-electron chi connectivity index (χ0n) is 19.3. The largest absolute Gasteiger partial charge is 0.493 e. The lowest BCUT2D eigenvalue weighted by Gasteiger charge is -2.43. The molecule has 4 rings (SSSR count). The van der Waals surface area contributed by atoms with Crippen LogP contribution in [0, 0.1) is 12.3 Å². The van der Waals surface area contributed by atoms with Gasteiger partial charge in [0.2, 0.25) is 5.91 Å². The molecule has 1 aromatic heterocycles. The molecule has 2 amide bonds. The Kier molecular flexibility index (Phi) is 7.24. The average Bonchev–Trinajstić information content (AvgIpc) is 3.24. The second-order valence-electron chi connectivity index (χ2n) is 9.26. The Balaban J connectivity index is 1.52. The van der Waals surface area contributed by atoms with Crippen molar-refractivity contribution in [1.29, 1.82) is 0 Å². The van der Waals surface area contributed by atoms with E-state index >= 15 is 0 Å². The maximum absolute atomic E-state index is 13.3. The van der Waals surface area contributed by atoms with Gasteiger partial charge in [0.1, 0.15) is 11.5 Å². The fourth-order valence-electron chi connectivity index (χ4n) is 4.61. The highest BCUT2D eigenvalue weighted by Crippen LogP contribution is 2.36. The van der Waals surface area contributed by atoms with Crippen molar-refractivity contribution in [3.63, 3.8) is 0 Å². The molecule has 0 radical (unpaired) electrons. The summed E-state index contributed by atoms with van der Waals surface area (Å²) in [4.78, 5) is 32.3. The van der Waals surface area contributed by atoms with Crippen molar-refractivity contribution in [2.45, 2.75) is 26.2 Å². The standard InChI is InChI=1S/C24H31ClN4O4/c1-18-13-21(26-33-18)23(31)29-8-4-7-24(16-29,17-32-20-6-3-5-19(25)14-20)15-22(30)28-11-9-27(2)10-12-28/h3,5-6,13-14H,4,7-12,15-17H2,1-2H3/t24-/m1/s1. The van der Waals surface area contributed by atoms with Crippen LogP contribution in [0.25, 0.3) is 0 Å². The molecule has 3 heterocycles. The molecule has 9 heteroatoms. The van der Waals surface area contributed by atoms with Crippen LogP contribution in [0.2, 0.25) is 5.02 Å². The van der Waals surface area contributed by atoms with E-state index < -0.39 is 5.41 Å². The number of carbonyl (C=O) groups is 2. The summed E-state index contributed by atoms with van der Waals surface area (Å²) in [6.45, 7) is 6.32. The highest BCUT2D eigenvalue weighted by atomic mass is 35.5. The fourth-order valence-corrected chi connectivity index (χ4v) is 4.79. The van der Waals surface area contributed by atoms with Gasteiger partial charge in [0, 0.05) is 62.2 Å². The molecule has 2 fully saturated rings. The summed E-state index contributed by atoms with van der Waals surface area (Å²) in [5, 5.41) is 4.49. The molecule has 1 aromatic carbocycles. The van der Waals surface area contributed by atoms with Gasteiger partial charge in [-0.15, -0.1) is 0 Å². The SMILES string of the molecule is Cc1cc(C(=O)N2CCC[C@@](COc3cccc(Cl)c3)(CC(=O)N3CCN(C)CC3)C2)no1. The number of likely N-dealkylation sites (N-methyl/N-ethyl adjacent to an activating group) is 1. The Hall–Kier alpha value is -2.58. The lowest BCUT2D eigenvalue weighted by molar-refractivity contribution is -0.137. The lowest BCUT2D eigenvalue weighted by Crippen LogP contribution is -2.53. The van der Waals surface area contributed by atoms with Crippen molar-refractivity contribution in [3.8, 4) is 5.75 Å². The first-order valence-electron chi connectivity index (χ1n) is 11.4. The first-order valence-corrected chi connectivity index (χ1v) is 11.8. The number of nitrogens with zero attached hydrogens (tertiary/aromatic N) is 4. The summed E-state index contributed by atoms with van der Waals surface area (Å²) >= 11 is 6.12. The first kappa shape index (κ1) is 23.6. The molecule has 178 valence electrons. The number of benzene rings is 1. The van der Waals surface area contributed by atoms with Crippen LogP contribution in [-0.2, 0) is 4.79 Å². The van der Waals surface area contributed by atoms with Gasteiger partial charge in [0.15, 0.2) is 5.69 Å². The Labute approximate surface area is 199 Å². The fraction of sp³-hybridized carbons (Fsp3) is 0.542. The molecule has 0 bridgehead atoms. The van der Waals surface area contributed by atoms with Crippen LogP contribution >= 0.6 is 11.6 Å². The summed E-state index contributed by atoms with van der Waals surface area (Å²) in [6, 6.07) is 8.90. The Morgan fingerprint density at radius 3 is 2.64 bits per heavy atom. The summed E-state index contributed by atoms with van der Waals surface area (Å²) in [5.74, 6) is 1.19. The molecule has 0 N–H and O–H groups in total. The van der Waals surface area contributed by atoms with Gasteiger partial charge < -0.3 is 24.0 Å². The quantitative estimate of drug-likeness (QED) is 0.640. The first-order chi connectivity index (χ1) is 15.8. The number of aromatic nitrogens is 1. The number of ether oxygens (including phenoxy) is 1. The zero-order valence-corrected chi connectivity index (χ0v) is 20.0. The van der Waals surface area contributed by atoms with E-state index in [1.54, 1.807) is 30.0 Å². The number of hydrogen-bond donors (Lipinski definition) is 0. The minimum absolute atomic E-state index is 0.115. The summed E-state index contributed by atoms with van der Waals surface area (Å²) < 4.78 is 11.2. The molecular formula is C24H31ClN4O4. The van der Waals surface area contributed by atoms with E-state index in [1.165, 1.54) is 0 Å². The minimum Gasteiger partial charge on any atom is -0.493 e. The summed E-state index contributed by atoms with van der Waals surface area (Å²) in [6.07, 6.45) is 1.92. The van der Waals surface area contributed by atoms with Crippen LogP contribution in [0.1, 0.15) is 35.5 Å². The van der Waals surface area contributed by atoms with Crippen molar-refractivity contribution in [2.75, 3.05) is 52.9 Å². The molecular weight excluding hydrogens is 444 g/mol. The van der Waals surface area contributed by atoms with E-state index in [9.17, 15) is 9.59 Å². The second kappa shape index (κ2) is 10.1. The Morgan fingerprint density at radius 1 is 1.15 bits per heavy atom. The van der Waals surface area contributed by atoms with Crippen LogP contribution < -0.4 is 4.74 Å². The highest BCUT2D eigenvalue weighted by Gasteiger charge is 2.41. The molecule has 2 saturated heterocycles. The van der Waals surface area contributed by atoms with E-state index in [1.807, 2.05) is 17.0 Å². The van der Waals surface area contributed by atoms with Crippen molar-refractivity contribution < 1.29 is 18.8 Å². The van der Waals surface area contributed by atoms with Gasteiger partial charge >= 0.3 is 0 Å². The van der Waals surface area contributed by atoms with Crippen LogP contribution in [-0.4, -0.2) is 84.6 Å². The number of hydrogen-bond acceptors (Lipinski definition) is 6. The molecule has 1 atom stereocenters. The topological polar surface area (TPSA) is 79.1 Å². The number of aryl methyl sites for hydroxylation is 1. The zero-order chi connectivity index (χ0) is 23.4. The molecule has 0 saturated carbocycles. The highest BCUT2D eigenvalue weighted by molar-refractivity contribution is 6.30. The molecule has 2 aliphatic heterocycles. The van der Waals surface area contributed by atoms with E-state index in [2.05, 4.69) is 17.1 Å². The van der Waals surface area contributed by atoms with Crippen LogP contribution in [0.5, 0.6) is 5.75 Å². The molecule has 0 unspecified atom stereocenters. The van der Waals surface area contributed by atoms with Crippen LogP contribution in [0.15, 0.2) is 34.9 Å². The van der Waals surface area contributed by atoms with Gasteiger partial charge in [-0.3, -0.25) is 9.59 Å². The minimum atomic E-state index is -0.491. The van der Waals surface area contributed by atoms with Crippen molar-refractivity contribution in [1.82, 2.24) is 19.9 Å². The molecule has 2 aromatic rings. The maximum atomic E-state index is 13.3. The number of amides is 2. The van der Waals surface area contributed by atoms with Gasteiger partial charge in [-0.2, -0.15) is 0 Å². The number of halogens is 1. The summed E-state index contributed by atoms with van der Waals surface area (Å²) in [5.41, 5.74) is -0.195. The third kappa shape index (κ3) is 5.86. The van der Waals surface area contributed by atoms with Gasteiger partial charge in [-0.05, 0) is 45.0 Å². The van der Waals surface area contributed by atoms with Crippen LogP contribution in [0.4, 0.5) is 0 Å². The van der Waals surface area contributed by atoms with E-state index in [4.69, 9.17) is 20.9 Å². The van der Waals surface area contributed by atoms with Gasteiger partial charge in [0.25, 0.3) is 5.91 Å². The normalized spacial score (nSPS) is 21.8. The molecule has 8 nitrogen and oxygen atoms in total. The average molecular weight is 475 g/mol. The van der Waals surface area contributed by atoms with E-state index in [0.29, 0.717) is 48.3 Å². The monoisotopic (exact) mass is 474 g/mol. The van der Waals surface area contributed by atoms with Crippen LogP contribution in [0.3, 0.4) is 0 Å². The number of piperidine rings is 1. The predicted octanol–water partition coefficient (Wildman–Crippen LogP) is 3.10. The van der Waals surface area contributed by atoms with Crippen molar-refractivity contribution in [2.24, 2.45) is 5.41 Å². The number of rotatable bonds is 6. The van der Waals surface area contributed by atoms with Gasteiger partial charge in [0.05, 0.1) is 6.61 Å². The summed E-state index contributed by atoms with van der Waals surface area (Å²) in [7, 11) is 2.07. The van der Waals surface area contributed by atoms with Crippen molar-refractivity contribution in [3.05, 3.63) is 46.8 Å². The third-order valence-corrected chi connectivity index (χ3v) is 6.75.